The van der Waals surface area contributed by atoms with E-state index in [0.717, 1.165) is 0 Å². The normalized spacial score (nSPS) is 9.88. The molecule has 0 unspecified atom stereocenters. The highest BCUT2D eigenvalue weighted by atomic mass is 19.2. The summed E-state index contributed by atoms with van der Waals surface area (Å²) >= 11 is 0. The zero-order valence-electron chi connectivity index (χ0n) is 8.46. The van der Waals surface area contributed by atoms with Gasteiger partial charge in [0.25, 0.3) is 0 Å². The van der Waals surface area contributed by atoms with Crippen molar-refractivity contribution in [2.45, 2.75) is 6.42 Å². The Morgan fingerprint density at radius 1 is 1.18 bits per heavy atom. The number of ether oxygens (including phenoxy) is 1. The van der Waals surface area contributed by atoms with Crippen LogP contribution in [0.15, 0.2) is 11.2 Å². The van der Waals surface area contributed by atoms with Gasteiger partial charge in [-0.15, -0.1) is 0 Å². The van der Waals surface area contributed by atoms with Crippen molar-refractivity contribution < 1.29 is 22.3 Å². The number of rotatable bonds is 5. The molecule has 0 saturated heterocycles. The number of azide groups is 1. The summed E-state index contributed by atoms with van der Waals surface area (Å²) in [6, 6.07) is 0.0947. The van der Waals surface area contributed by atoms with Gasteiger partial charge in [-0.1, -0.05) is 5.11 Å². The molecular formula is C9H7F4N3O. The van der Waals surface area contributed by atoms with Crippen LogP contribution in [-0.2, 0) is 0 Å². The minimum Gasteiger partial charge on any atom is -0.487 e. The summed E-state index contributed by atoms with van der Waals surface area (Å²) in [5, 5.41) is 3.15. The fourth-order valence-corrected chi connectivity index (χ4v) is 1.03. The third-order valence-electron chi connectivity index (χ3n) is 1.78. The highest BCUT2D eigenvalue weighted by Gasteiger charge is 2.20. The lowest BCUT2D eigenvalue weighted by Crippen LogP contribution is -2.05. The molecule has 92 valence electrons. The van der Waals surface area contributed by atoms with Crippen LogP contribution in [0, 0.1) is 23.3 Å². The van der Waals surface area contributed by atoms with Crippen molar-refractivity contribution in [1.82, 2.24) is 0 Å². The summed E-state index contributed by atoms with van der Waals surface area (Å²) in [4.78, 5) is 2.44. The highest BCUT2D eigenvalue weighted by molar-refractivity contribution is 5.28. The van der Waals surface area contributed by atoms with Crippen LogP contribution in [0.3, 0.4) is 0 Å². The quantitative estimate of drug-likeness (QED) is 0.197. The second kappa shape index (κ2) is 5.95. The lowest BCUT2D eigenvalue weighted by Gasteiger charge is -2.08. The van der Waals surface area contributed by atoms with Crippen molar-refractivity contribution in [3.63, 3.8) is 0 Å². The Hall–Kier alpha value is -1.95. The van der Waals surface area contributed by atoms with E-state index < -0.39 is 29.0 Å². The van der Waals surface area contributed by atoms with Gasteiger partial charge in [-0.25, -0.2) is 8.78 Å². The maximum atomic E-state index is 13.0. The molecule has 0 saturated carbocycles. The smallest absolute Gasteiger partial charge is 0.203 e. The molecule has 0 spiro atoms. The molecule has 0 bridgehead atoms. The molecule has 0 radical (unpaired) electrons. The minimum atomic E-state index is -1.59. The summed E-state index contributed by atoms with van der Waals surface area (Å²) < 4.78 is 56.1. The number of hydrogen-bond acceptors (Lipinski definition) is 2. The molecule has 1 aromatic rings. The van der Waals surface area contributed by atoms with Crippen LogP contribution in [-0.4, -0.2) is 13.2 Å². The van der Waals surface area contributed by atoms with E-state index in [4.69, 9.17) is 5.53 Å². The van der Waals surface area contributed by atoms with Gasteiger partial charge in [0, 0.05) is 17.5 Å². The van der Waals surface area contributed by atoms with Crippen LogP contribution in [0.5, 0.6) is 5.75 Å². The zero-order chi connectivity index (χ0) is 12.8. The molecule has 0 heterocycles. The van der Waals surface area contributed by atoms with Crippen LogP contribution < -0.4 is 4.74 Å². The Morgan fingerprint density at radius 2 is 1.76 bits per heavy atom. The Morgan fingerprint density at radius 3 is 2.29 bits per heavy atom. The molecule has 0 fully saturated rings. The molecule has 17 heavy (non-hydrogen) atoms. The first-order valence-electron chi connectivity index (χ1n) is 4.54. The van der Waals surface area contributed by atoms with E-state index in [-0.39, 0.29) is 25.6 Å². The van der Waals surface area contributed by atoms with E-state index in [0.29, 0.717) is 0 Å². The summed E-state index contributed by atoms with van der Waals surface area (Å²) in [6.07, 6.45) is 0.168. The predicted molar refractivity (Wildman–Crippen MR) is 50.4 cm³/mol. The predicted octanol–water partition coefficient (Wildman–Crippen LogP) is 3.32. The summed E-state index contributed by atoms with van der Waals surface area (Å²) in [5.74, 6) is -7.35. The lowest BCUT2D eigenvalue weighted by atomic mass is 10.3. The minimum absolute atomic E-state index is 0.0531. The zero-order valence-corrected chi connectivity index (χ0v) is 8.46. The van der Waals surface area contributed by atoms with Crippen molar-refractivity contribution in [3.05, 3.63) is 39.8 Å². The first-order chi connectivity index (χ1) is 8.07. The molecule has 0 aliphatic carbocycles. The molecular weight excluding hydrogens is 242 g/mol. The fourth-order valence-electron chi connectivity index (χ4n) is 1.03. The molecule has 8 heteroatoms. The van der Waals surface area contributed by atoms with Crippen molar-refractivity contribution in [3.8, 4) is 5.75 Å². The lowest BCUT2D eigenvalue weighted by molar-refractivity contribution is 0.269. The fraction of sp³-hybridized carbons (Fsp3) is 0.333. The maximum Gasteiger partial charge on any atom is 0.203 e. The standard InChI is InChI=1S/C9H7F4N3O/c10-5-4-6(11)8(13)9(7(5)12)17-3-1-2-15-16-14/h4H,1-3H2. The number of halogens is 4. The van der Waals surface area contributed by atoms with Gasteiger partial charge in [-0.05, 0) is 12.0 Å². The Balaban J connectivity index is 2.73. The summed E-state index contributed by atoms with van der Waals surface area (Å²) in [6.45, 7) is -0.173. The van der Waals surface area contributed by atoms with Gasteiger partial charge in [-0.2, -0.15) is 8.78 Å². The highest BCUT2D eigenvalue weighted by Crippen LogP contribution is 2.26. The van der Waals surface area contributed by atoms with Crippen molar-refractivity contribution in [1.29, 1.82) is 0 Å². The second-order valence-electron chi connectivity index (χ2n) is 2.95. The van der Waals surface area contributed by atoms with Crippen LogP contribution in [0.25, 0.3) is 10.4 Å². The maximum absolute atomic E-state index is 13.0. The summed E-state index contributed by atoms with van der Waals surface area (Å²) in [7, 11) is 0. The molecule has 0 N–H and O–H groups in total. The van der Waals surface area contributed by atoms with E-state index in [2.05, 4.69) is 14.8 Å². The Kier molecular flexibility index (Phi) is 4.59. The monoisotopic (exact) mass is 249 g/mol. The van der Waals surface area contributed by atoms with Gasteiger partial charge >= 0.3 is 0 Å². The van der Waals surface area contributed by atoms with Crippen LogP contribution >= 0.6 is 0 Å². The van der Waals surface area contributed by atoms with Crippen molar-refractivity contribution in [2.24, 2.45) is 5.11 Å². The van der Waals surface area contributed by atoms with Gasteiger partial charge in [0.1, 0.15) is 0 Å². The molecule has 0 atom stereocenters. The van der Waals surface area contributed by atoms with Gasteiger partial charge in [-0.3, -0.25) is 0 Å². The van der Waals surface area contributed by atoms with Crippen LogP contribution in [0.4, 0.5) is 17.6 Å². The van der Waals surface area contributed by atoms with E-state index in [1.165, 1.54) is 0 Å². The van der Waals surface area contributed by atoms with E-state index >= 15 is 0 Å². The molecule has 0 aliphatic rings. The van der Waals surface area contributed by atoms with Crippen molar-refractivity contribution in [2.75, 3.05) is 13.2 Å². The van der Waals surface area contributed by atoms with E-state index in [9.17, 15) is 17.6 Å². The molecule has 0 amide bonds. The molecule has 1 aromatic carbocycles. The average Bonchev–Trinajstić information content (AvgIpc) is 2.30. The third kappa shape index (κ3) is 3.25. The van der Waals surface area contributed by atoms with Gasteiger partial charge in [0.15, 0.2) is 17.4 Å². The Labute approximate surface area is 93.4 Å². The summed E-state index contributed by atoms with van der Waals surface area (Å²) in [5.41, 5.74) is 7.94. The molecule has 0 aromatic heterocycles. The van der Waals surface area contributed by atoms with Gasteiger partial charge < -0.3 is 4.74 Å². The van der Waals surface area contributed by atoms with Crippen molar-refractivity contribution >= 4 is 0 Å². The first-order valence-corrected chi connectivity index (χ1v) is 4.54. The largest absolute Gasteiger partial charge is 0.487 e. The number of hydrogen-bond donors (Lipinski definition) is 0. The van der Waals surface area contributed by atoms with Gasteiger partial charge in [0.2, 0.25) is 11.6 Å². The average molecular weight is 249 g/mol. The molecule has 0 aliphatic heterocycles. The van der Waals surface area contributed by atoms with Gasteiger partial charge in [0.05, 0.1) is 6.61 Å². The molecule has 1 rings (SSSR count). The first kappa shape index (κ1) is 13.1. The third-order valence-corrected chi connectivity index (χ3v) is 1.78. The van der Waals surface area contributed by atoms with Crippen LogP contribution in [0.2, 0.25) is 0 Å². The molecule has 4 nitrogen and oxygen atoms in total. The topological polar surface area (TPSA) is 58.0 Å². The number of nitrogens with zero attached hydrogens (tertiary/aromatic N) is 3. The van der Waals surface area contributed by atoms with E-state index in [1.54, 1.807) is 0 Å². The Bertz CT molecular complexity index is 434. The van der Waals surface area contributed by atoms with Crippen LogP contribution in [0.1, 0.15) is 6.42 Å². The SMILES string of the molecule is [N-]=[N+]=NCCCOc1c(F)c(F)cc(F)c1F. The number of benzene rings is 1. The van der Waals surface area contributed by atoms with E-state index in [1.807, 2.05) is 0 Å². The second-order valence-corrected chi connectivity index (χ2v) is 2.95.